The summed E-state index contributed by atoms with van der Waals surface area (Å²) in [6, 6.07) is 19.7. The van der Waals surface area contributed by atoms with Gasteiger partial charge in [0.25, 0.3) is 10.0 Å². The van der Waals surface area contributed by atoms with Crippen molar-refractivity contribution in [3.63, 3.8) is 0 Å². The summed E-state index contributed by atoms with van der Waals surface area (Å²) in [6.07, 6.45) is 1.68. The van der Waals surface area contributed by atoms with E-state index in [1.165, 1.54) is 16.9 Å². The molecule has 0 aliphatic heterocycles. The molecule has 1 aromatic heterocycles. The third-order valence-electron chi connectivity index (χ3n) is 4.05. The first-order valence-electron chi connectivity index (χ1n) is 8.20. The summed E-state index contributed by atoms with van der Waals surface area (Å²) in [5.41, 5.74) is 1.24. The Bertz CT molecular complexity index is 890. The van der Waals surface area contributed by atoms with Crippen LogP contribution in [0.4, 0.5) is 0 Å². The Morgan fingerprint density at radius 2 is 1.68 bits per heavy atom. The van der Waals surface area contributed by atoms with Crippen molar-refractivity contribution >= 4 is 47.4 Å². The highest BCUT2D eigenvalue weighted by molar-refractivity contribution is 9.09. The van der Waals surface area contributed by atoms with Crippen LogP contribution in [0.3, 0.4) is 0 Å². The van der Waals surface area contributed by atoms with Crippen LogP contribution in [0.1, 0.15) is 12.0 Å². The molecule has 0 aliphatic carbocycles. The number of benzene rings is 2. The van der Waals surface area contributed by atoms with Crippen LogP contribution in [-0.4, -0.2) is 31.1 Å². The molecule has 2 aromatic carbocycles. The van der Waals surface area contributed by atoms with Crippen molar-refractivity contribution in [2.24, 2.45) is 0 Å². The topological polar surface area (TPSA) is 37.4 Å². The van der Waals surface area contributed by atoms with E-state index in [-0.39, 0.29) is 0 Å². The Labute approximate surface area is 161 Å². The van der Waals surface area contributed by atoms with Gasteiger partial charge in [-0.3, -0.25) is 0 Å². The van der Waals surface area contributed by atoms with Gasteiger partial charge in [0.05, 0.1) is 0 Å². The van der Waals surface area contributed by atoms with Crippen molar-refractivity contribution in [3.05, 3.63) is 66.2 Å². The van der Waals surface area contributed by atoms with Crippen LogP contribution in [-0.2, 0) is 16.4 Å². The van der Waals surface area contributed by atoms with Crippen molar-refractivity contribution in [1.29, 1.82) is 0 Å². The number of alkyl halides is 1. The molecule has 0 N–H and O–H groups in total. The normalized spacial score (nSPS) is 12.1. The molecule has 3 nitrogen and oxygen atoms in total. The highest BCUT2D eigenvalue weighted by Crippen LogP contribution is 2.31. The number of hydrogen-bond acceptors (Lipinski definition) is 3. The lowest BCUT2D eigenvalue weighted by molar-refractivity contribution is 0.425. The fourth-order valence-electron chi connectivity index (χ4n) is 2.76. The molecule has 0 unspecified atom stereocenters. The maximum Gasteiger partial charge on any atom is 0.252 e. The molecule has 0 fully saturated rings. The van der Waals surface area contributed by atoms with Crippen LogP contribution in [0.5, 0.6) is 0 Å². The number of rotatable bonds is 8. The van der Waals surface area contributed by atoms with Crippen LogP contribution in [0, 0.1) is 0 Å². The van der Waals surface area contributed by atoms with Gasteiger partial charge in [0, 0.05) is 23.1 Å². The zero-order valence-corrected chi connectivity index (χ0v) is 17.0. The average Bonchev–Trinajstić information content (AvgIpc) is 3.07. The minimum Gasteiger partial charge on any atom is -0.206 e. The van der Waals surface area contributed by atoms with Gasteiger partial charge in [-0.25, -0.2) is 8.42 Å². The summed E-state index contributed by atoms with van der Waals surface area (Å²) in [6.45, 7) is 1.00. The molecule has 0 atom stereocenters. The van der Waals surface area contributed by atoms with Gasteiger partial charge in [-0.05, 0) is 35.9 Å². The van der Waals surface area contributed by atoms with Crippen molar-refractivity contribution < 1.29 is 8.42 Å². The highest BCUT2D eigenvalue weighted by atomic mass is 79.9. The zero-order chi connectivity index (χ0) is 17.7. The van der Waals surface area contributed by atoms with E-state index in [1.54, 1.807) is 10.4 Å². The molecule has 0 radical (unpaired) electrons. The van der Waals surface area contributed by atoms with Gasteiger partial charge in [0.15, 0.2) is 0 Å². The standard InChI is InChI=1S/C19H20BrNO2S2/c20-12-14-21(13-6-9-16-7-2-1-3-8-16)25(22,23)19-15-17-10-4-5-11-18(17)24-19/h1-5,7-8,10-11,15H,6,9,12-14H2. The number of halogens is 1. The Balaban J connectivity index is 1.75. The van der Waals surface area contributed by atoms with Crippen molar-refractivity contribution in [1.82, 2.24) is 4.31 Å². The van der Waals surface area contributed by atoms with Crippen molar-refractivity contribution in [2.75, 3.05) is 18.4 Å². The summed E-state index contributed by atoms with van der Waals surface area (Å²) in [7, 11) is -3.46. The minimum absolute atomic E-state index is 0.425. The lowest BCUT2D eigenvalue weighted by atomic mass is 10.1. The van der Waals surface area contributed by atoms with Crippen LogP contribution >= 0.6 is 27.3 Å². The molecule has 25 heavy (non-hydrogen) atoms. The SMILES string of the molecule is O=S(=O)(c1cc2ccccc2s1)N(CCBr)CCCc1ccccc1. The Morgan fingerprint density at radius 1 is 0.960 bits per heavy atom. The molecule has 1 heterocycles. The van der Waals surface area contributed by atoms with E-state index in [2.05, 4.69) is 28.1 Å². The first kappa shape index (κ1) is 18.6. The molecule has 0 amide bonds. The predicted octanol–water partition coefficient (Wildman–Crippen LogP) is 4.92. The van der Waals surface area contributed by atoms with E-state index in [1.807, 2.05) is 42.5 Å². The quantitative estimate of drug-likeness (QED) is 0.468. The molecule has 0 aliphatic rings. The fourth-order valence-corrected chi connectivity index (χ4v) is 6.46. The van der Waals surface area contributed by atoms with Gasteiger partial charge in [-0.15, -0.1) is 11.3 Å². The third kappa shape index (κ3) is 4.50. The molecule has 0 spiro atoms. The second-order valence-corrected chi connectivity index (χ2v) is 9.83. The van der Waals surface area contributed by atoms with Gasteiger partial charge in [0.2, 0.25) is 0 Å². The number of fused-ring (bicyclic) bond motifs is 1. The second-order valence-electron chi connectivity index (χ2n) is 5.79. The second kappa shape index (κ2) is 8.45. The average molecular weight is 438 g/mol. The van der Waals surface area contributed by atoms with Gasteiger partial charge < -0.3 is 0 Å². The van der Waals surface area contributed by atoms with Crippen LogP contribution in [0.2, 0.25) is 0 Å². The van der Waals surface area contributed by atoms with E-state index < -0.39 is 10.0 Å². The summed E-state index contributed by atoms with van der Waals surface area (Å²) in [5.74, 6) is 0. The molecule has 3 aromatic rings. The summed E-state index contributed by atoms with van der Waals surface area (Å²) < 4.78 is 29.1. The van der Waals surface area contributed by atoms with Crippen molar-refractivity contribution in [3.8, 4) is 0 Å². The fraction of sp³-hybridized carbons (Fsp3) is 0.263. The van der Waals surface area contributed by atoms with E-state index in [4.69, 9.17) is 0 Å². The molecule has 132 valence electrons. The smallest absolute Gasteiger partial charge is 0.206 e. The first-order valence-corrected chi connectivity index (χ1v) is 11.6. The minimum atomic E-state index is -3.46. The van der Waals surface area contributed by atoms with E-state index in [0.717, 1.165) is 22.9 Å². The van der Waals surface area contributed by atoms with Gasteiger partial charge in [0.1, 0.15) is 4.21 Å². The number of sulfonamides is 1. The number of nitrogens with zero attached hydrogens (tertiary/aromatic N) is 1. The number of hydrogen-bond donors (Lipinski definition) is 0. The largest absolute Gasteiger partial charge is 0.252 e. The van der Waals surface area contributed by atoms with E-state index in [0.29, 0.717) is 22.6 Å². The Morgan fingerprint density at radius 3 is 2.40 bits per heavy atom. The summed E-state index contributed by atoms with van der Waals surface area (Å²) >= 11 is 4.73. The van der Waals surface area contributed by atoms with Gasteiger partial charge >= 0.3 is 0 Å². The molecule has 0 bridgehead atoms. The molecule has 3 rings (SSSR count). The zero-order valence-electron chi connectivity index (χ0n) is 13.8. The highest BCUT2D eigenvalue weighted by Gasteiger charge is 2.25. The maximum atomic E-state index is 13.0. The molecular weight excluding hydrogens is 418 g/mol. The maximum absolute atomic E-state index is 13.0. The van der Waals surface area contributed by atoms with E-state index >= 15 is 0 Å². The third-order valence-corrected chi connectivity index (χ3v) is 7.87. The Hall–Kier alpha value is -1.21. The molecular formula is C19H20BrNO2S2. The van der Waals surface area contributed by atoms with Gasteiger partial charge in [-0.2, -0.15) is 4.31 Å². The molecule has 0 saturated carbocycles. The first-order chi connectivity index (χ1) is 12.1. The monoisotopic (exact) mass is 437 g/mol. The Kier molecular flexibility index (Phi) is 6.28. The van der Waals surface area contributed by atoms with E-state index in [9.17, 15) is 8.42 Å². The predicted molar refractivity (Wildman–Crippen MR) is 109 cm³/mol. The van der Waals surface area contributed by atoms with Crippen LogP contribution < -0.4 is 0 Å². The lowest BCUT2D eigenvalue weighted by Gasteiger charge is -2.20. The molecule has 0 saturated heterocycles. The summed E-state index contributed by atoms with van der Waals surface area (Å²) in [5, 5.41) is 1.61. The lowest BCUT2D eigenvalue weighted by Crippen LogP contribution is -2.33. The molecule has 6 heteroatoms. The summed E-state index contributed by atoms with van der Waals surface area (Å²) in [4.78, 5) is 0. The van der Waals surface area contributed by atoms with Gasteiger partial charge in [-0.1, -0.05) is 64.5 Å². The van der Waals surface area contributed by atoms with Crippen LogP contribution in [0.15, 0.2) is 64.9 Å². The van der Waals surface area contributed by atoms with Crippen LogP contribution in [0.25, 0.3) is 10.1 Å². The van der Waals surface area contributed by atoms with Crippen molar-refractivity contribution in [2.45, 2.75) is 17.1 Å². The number of thiophene rings is 1. The number of aryl methyl sites for hydroxylation is 1.